The Labute approximate surface area is 210 Å². The largest absolute Gasteiger partial charge is 0.350 e. The van der Waals surface area contributed by atoms with E-state index in [9.17, 15) is 14.4 Å². The van der Waals surface area contributed by atoms with Crippen LogP contribution in [0.2, 0.25) is 5.02 Å². The molecule has 0 spiro atoms. The summed E-state index contributed by atoms with van der Waals surface area (Å²) in [5.41, 5.74) is 1.71. The first-order chi connectivity index (χ1) is 16.9. The van der Waals surface area contributed by atoms with Crippen LogP contribution in [-0.2, 0) is 9.59 Å². The Bertz CT molecular complexity index is 1540. The summed E-state index contributed by atoms with van der Waals surface area (Å²) in [6.45, 7) is 0. The van der Waals surface area contributed by atoms with Gasteiger partial charge in [0.2, 0.25) is 0 Å². The molecule has 3 amide bonds. The first kappa shape index (κ1) is 22.7. The summed E-state index contributed by atoms with van der Waals surface area (Å²) in [6, 6.07) is 26.4. The number of rotatable bonds is 5. The Hall–Kier alpha value is -4.13. The molecular weight excluding hydrogens is 485 g/mol. The minimum absolute atomic E-state index is 0.0803. The Morgan fingerprint density at radius 1 is 0.771 bits per heavy atom. The van der Waals surface area contributed by atoms with Gasteiger partial charge in [0.25, 0.3) is 17.7 Å². The number of fused-ring (bicyclic) bond motifs is 1. The highest BCUT2D eigenvalue weighted by molar-refractivity contribution is 6.53. The Morgan fingerprint density at radius 2 is 1.51 bits per heavy atom. The van der Waals surface area contributed by atoms with E-state index in [1.165, 1.54) is 6.07 Å². The molecular formula is C27H17Cl2N3O3. The Morgan fingerprint density at radius 3 is 2.34 bits per heavy atom. The van der Waals surface area contributed by atoms with E-state index in [2.05, 4.69) is 10.6 Å². The maximum atomic E-state index is 13.0. The minimum Gasteiger partial charge on any atom is -0.350 e. The van der Waals surface area contributed by atoms with Gasteiger partial charge in [-0.15, -0.1) is 0 Å². The number of imide groups is 1. The SMILES string of the molecule is O=C(Nc1cccc2ccccc12)c1cccc(NC2=C(Cl)C(=O)N(c3cccc(Cl)c3)C2=O)c1. The smallest absolute Gasteiger partial charge is 0.283 e. The number of halogens is 2. The lowest BCUT2D eigenvalue weighted by atomic mass is 10.1. The van der Waals surface area contributed by atoms with Crippen LogP contribution in [-0.4, -0.2) is 17.7 Å². The van der Waals surface area contributed by atoms with E-state index in [0.717, 1.165) is 15.7 Å². The lowest BCUT2D eigenvalue weighted by molar-refractivity contribution is -0.120. The van der Waals surface area contributed by atoms with Gasteiger partial charge in [0, 0.05) is 27.3 Å². The molecule has 0 unspecified atom stereocenters. The van der Waals surface area contributed by atoms with Crippen LogP contribution in [0, 0.1) is 0 Å². The molecule has 1 heterocycles. The predicted octanol–water partition coefficient (Wildman–Crippen LogP) is 6.18. The number of nitrogens with one attached hydrogen (secondary N) is 2. The van der Waals surface area contributed by atoms with Gasteiger partial charge >= 0.3 is 0 Å². The van der Waals surface area contributed by atoms with Crippen molar-refractivity contribution in [3.8, 4) is 0 Å². The monoisotopic (exact) mass is 501 g/mol. The van der Waals surface area contributed by atoms with Crippen LogP contribution in [0.3, 0.4) is 0 Å². The number of benzene rings is 4. The highest BCUT2D eigenvalue weighted by atomic mass is 35.5. The van der Waals surface area contributed by atoms with Gasteiger partial charge in [-0.05, 0) is 47.9 Å². The first-order valence-corrected chi connectivity index (χ1v) is 11.4. The molecule has 1 aliphatic heterocycles. The van der Waals surface area contributed by atoms with Crippen LogP contribution in [0.5, 0.6) is 0 Å². The van der Waals surface area contributed by atoms with Crippen molar-refractivity contribution < 1.29 is 14.4 Å². The van der Waals surface area contributed by atoms with E-state index in [1.807, 2.05) is 42.5 Å². The molecule has 0 saturated carbocycles. The van der Waals surface area contributed by atoms with E-state index in [4.69, 9.17) is 23.2 Å². The standard InChI is InChI=1S/C27H17Cl2N3O3/c28-18-9-5-11-20(15-18)32-26(34)23(29)24(27(32)35)30-19-10-3-8-17(14-19)25(33)31-22-13-4-7-16-6-1-2-12-21(16)22/h1-15,30H,(H,31,33). The fourth-order valence-corrected chi connectivity index (χ4v) is 4.27. The van der Waals surface area contributed by atoms with E-state index < -0.39 is 11.8 Å². The molecule has 35 heavy (non-hydrogen) atoms. The Balaban J connectivity index is 1.38. The highest BCUT2D eigenvalue weighted by Crippen LogP contribution is 2.31. The third kappa shape index (κ3) is 4.37. The molecule has 0 bridgehead atoms. The summed E-state index contributed by atoms with van der Waals surface area (Å²) in [6.07, 6.45) is 0. The fourth-order valence-electron chi connectivity index (χ4n) is 3.87. The lowest BCUT2D eigenvalue weighted by Crippen LogP contribution is -2.32. The number of anilines is 3. The fraction of sp³-hybridized carbons (Fsp3) is 0. The first-order valence-electron chi connectivity index (χ1n) is 10.6. The van der Waals surface area contributed by atoms with Crippen LogP contribution >= 0.6 is 23.2 Å². The second-order valence-electron chi connectivity index (χ2n) is 7.80. The second kappa shape index (κ2) is 9.25. The molecule has 172 valence electrons. The Kier molecular flexibility index (Phi) is 5.99. The zero-order chi connectivity index (χ0) is 24.5. The summed E-state index contributed by atoms with van der Waals surface area (Å²) in [4.78, 5) is 39.6. The van der Waals surface area contributed by atoms with Crippen molar-refractivity contribution in [2.75, 3.05) is 15.5 Å². The number of carbonyl (C=O) groups excluding carboxylic acids is 3. The van der Waals surface area contributed by atoms with Gasteiger partial charge in [0.15, 0.2) is 0 Å². The number of hydrogen-bond donors (Lipinski definition) is 2. The van der Waals surface area contributed by atoms with E-state index >= 15 is 0 Å². The lowest BCUT2D eigenvalue weighted by Gasteiger charge is -2.15. The van der Waals surface area contributed by atoms with Crippen LogP contribution in [0.15, 0.2) is 102 Å². The molecule has 0 atom stereocenters. The van der Waals surface area contributed by atoms with Crippen molar-refractivity contribution in [1.29, 1.82) is 0 Å². The van der Waals surface area contributed by atoms with Crippen LogP contribution in [0.25, 0.3) is 10.8 Å². The van der Waals surface area contributed by atoms with E-state index in [1.54, 1.807) is 42.5 Å². The van der Waals surface area contributed by atoms with Gasteiger partial charge in [-0.25, -0.2) is 4.90 Å². The van der Waals surface area contributed by atoms with Crippen molar-refractivity contribution in [2.45, 2.75) is 0 Å². The average Bonchev–Trinajstić information content (AvgIpc) is 3.07. The summed E-state index contributed by atoms with van der Waals surface area (Å²) >= 11 is 12.2. The maximum Gasteiger partial charge on any atom is 0.283 e. The van der Waals surface area contributed by atoms with Gasteiger partial charge in [-0.1, -0.05) is 71.7 Å². The number of carbonyl (C=O) groups is 3. The molecule has 5 rings (SSSR count). The maximum absolute atomic E-state index is 13.0. The molecule has 1 aliphatic rings. The normalized spacial score (nSPS) is 13.5. The molecule has 2 N–H and O–H groups in total. The summed E-state index contributed by atoms with van der Waals surface area (Å²) < 4.78 is 0. The number of amides is 3. The third-order valence-electron chi connectivity index (χ3n) is 5.53. The summed E-state index contributed by atoms with van der Waals surface area (Å²) in [5.74, 6) is -1.60. The molecule has 4 aromatic carbocycles. The number of hydrogen-bond acceptors (Lipinski definition) is 4. The zero-order valence-corrected chi connectivity index (χ0v) is 19.6. The van der Waals surface area contributed by atoms with Crippen LogP contribution in [0.1, 0.15) is 10.4 Å². The average molecular weight is 502 g/mol. The van der Waals surface area contributed by atoms with Gasteiger partial charge in [0.05, 0.1) is 5.69 Å². The van der Waals surface area contributed by atoms with Crippen molar-refractivity contribution in [2.24, 2.45) is 0 Å². The summed E-state index contributed by atoms with van der Waals surface area (Å²) in [5, 5.41) is 7.89. The molecule has 4 aromatic rings. The zero-order valence-electron chi connectivity index (χ0n) is 18.1. The van der Waals surface area contributed by atoms with E-state index in [-0.39, 0.29) is 16.6 Å². The molecule has 0 saturated heterocycles. The van der Waals surface area contributed by atoms with Gasteiger partial charge in [-0.2, -0.15) is 0 Å². The van der Waals surface area contributed by atoms with E-state index in [0.29, 0.717) is 27.6 Å². The van der Waals surface area contributed by atoms with Crippen molar-refractivity contribution in [3.63, 3.8) is 0 Å². The molecule has 0 fully saturated rings. The van der Waals surface area contributed by atoms with Gasteiger partial charge in [-0.3, -0.25) is 14.4 Å². The van der Waals surface area contributed by atoms with Crippen LogP contribution < -0.4 is 15.5 Å². The molecule has 0 aromatic heterocycles. The van der Waals surface area contributed by atoms with Crippen molar-refractivity contribution in [3.05, 3.63) is 112 Å². The molecule has 0 radical (unpaired) electrons. The topological polar surface area (TPSA) is 78.5 Å². The van der Waals surface area contributed by atoms with Crippen molar-refractivity contribution >= 4 is 68.8 Å². The van der Waals surface area contributed by atoms with Crippen molar-refractivity contribution in [1.82, 2.24) is 0 Å². The highest BCUT2D eigenvalue weighted by Gasteiger charge is 2.39. The third-order valence-corrected chi connectivity index (χ3v) is 6.11. The van der Waals surface area contributed by atoms with Gasteiger partial charge in [0.1, 0.15) is 10.7 Å². The number of nitrogens with zero attached hydrogens (tertiary/aromatic N) is 1. The minimum atomic E-state index is -0.661. The second-order valence-corrected chi connectivity index (χ2v) is 8.62. The molecule has 0 aliphatic carbocycles. The van der Waals surface area contributed by atoms with Gasteiger partial charge < -0.3 is 10.6 Å². The molecule has 6 nitrogen and oxygen atoms in total. The molecule has 8 heteroatoms. The summed E-state index contributed by atoms with van der Waals surface area (Å²) in [7, 11) is 0. The van der Waals surface area contributed by atoms with Crippen LogP contribution in [0.4, 0.5) is 17.1 Å². The quantitative estimate of drug-likeness (QED) is 0.320. The predicted molar refractivity (Wildman–Crippen MR) is 139 cm³/mol.